The van der Waals surface area contributed by atoms with Crippen molar-refractivity contribution in [3.63, 3.8) is 0 Å². The van der Waals surface area contributed by atoms with Crippen LogP contribution in [0.15, 0.2) is 36.4 Å². The number of benzene rings is 2. The van der Waals surface area contributed by atoms with Gasteiger partial charge in [-0.05, 0) is 41.5 Å². The maximum atomic E-state index is 13.5. The average molecular weight is 284 g/mol. The van der Waals surface area contributed by atoms with Gasteiger partial charge in [-0.1, -0.05) is 29.3 Å². The topological polar surface area (TPSA) is 40.1 Å². The Balaban J connectivity index is 2.52. The molecule has 92 valence electrons. The summed E-state index contributed by atoms with van der Waals surface area (Å²) in [5.41, 5.74) is 0.616. The number of hydrogen-bond acceptors (Lipinski definition) is 2. The first-order valence-corrected chi connectivity index (χ1v) is 5.70. The second kappa shape index (κ2) is 4.96. The van der Waals surface area contributed by atoms with Crippen molar-refractivity contribution in [1.82, 2.24) is 0 Å². The van der Waals surface area contributed by atoms with Crippen LogP contribution in [0.1, 0.15) is 10.4 Å². The van der Waals surface area contributed by atoms with Gasteiger partial charge in [-0.2, -0.15) is 0 Å². The lowest BCUT2D eigenvalue weighted by Crippen LogP contribution is -2.23. The lowest BCUT2D eigenvalue weighted by atomic mass is 10.0. The molecule has 0 saturated heterocycles. The Morgan fingerprint density at radius 2 is 1.61 bits per heavy atom. The second-order valence-corrected chi connectivity index (χ2v) is 4.51. The molecule has 0 aliphatic heterocycles. The molecule has 0 heterocycles. The third-order valence-electron chi connectivity index (χ3n) is 2.38. The Bertz CT molecular complexity index is 606. The molecule has 2 rings (SSSR count). The summed E-state index contributed by atoms with van der Waals surface area (Å²) >= 11 is 11.7. The first kappa shape index (κ1) is 12.9. The molecule has 0 radical (unpaired) electrons. The Labute approximate surface area is 113 Å². The number of halogens is 3. The zero-order chi connectivity index (χ0) is 13.3. The zero-order valence-electron chi connectivity index (χ0n) is 8.91. The highest BCUT2D eigenvalue weighted by molar-refractivity contribution is 6.35. The summed E-state index contributed by atoms with van der Waals surface area (Å²) in [6.07, 6.45) is 0. The van der Waals surface area contributed by atoms with Gasteiger partial charge in [0.05, 0.1) is 5.97 Å². The van der Waals surface area contributed by atoms with E-state index in [1.54, 1.807) is 18.2 Å². The maximum Gasteiger partial charge on any atom is 0.132 e. The second-order valence-electron chi connectivity index (χ2n) is 3.64. The number of carbonyl (C=O) groups is 1. The van der Waals surface area contributed by atoms with Crippen molar-refractivity contribution in [2.24, 2.45) is 0 Å². The van der Waals surface area contributed by atoms with Crippen molar-refractivity contribution in [2.45, 2.75) is 0 Å². The minimum atomic E-state index is -1.55. The molecule has 0 atom stereocenters. The van der Waals surface area contributed by atoms with Gasteiger partial charge in [-0.3, -0.25) is 0 Å². The zero-order valence-corrected chi connectivity index (χ0v) is 10.4. The van der Waals surface area contributed by atoms with E-state index < -0.39 is 17.3 Å². The van der Waals surface area contributed by atoms with Crippen molar-refractivity contribution in [3.8, 4) is 11.1 Å². The summed E-state index contributed by atoms with van der Waals surface area (Å²) in [5.74, 6) is -2.41. The van der Waals surface area contributed by atoms with Crippen molar-refractivity contribution in [2.75, 3.05) is 0 Å². The normalized spacial score (nSPS) is 10.4. The number of aromatic carboxylic acids is 1. The predicted molar refractivity (Wildman–Crippen MR) is 66.2 cm³/mol. The SMILES string of the molecule is O=C([O-])c1ccc(-c2cc(Cl)cc(Cl)c2)cc1F. The molecule has 0 unspecified atom stereocenters. The minimum absolute atomic E-state index is 0.418. The molecule has 0 aliphatic rings. The van der Waals surface area contributed by atoms with E-state index >= 15 is 0 Å². The molecule has 2 aromatic carbocycles. The Morgan fingerprint density at radius 1 is 1.00 bits per heavy atom. The van der Waals surface area contributed by atoms with Gasteiger partial charge in [0.1, 0.15) is 5.82 Å². The molecule has 0 spiro atoms. The van der Waals surface area contributed by atoms with E-state index in [1.807, 2.05) is 0 Å². The molecule has 18 heavy (non-hydrogen) atoms. The number of rotatable bonds is 2. The molecular weight excluding hydrogens is 278 g/mol. The van der Waals surface area contributed by atoms with Crippen molar-refractivity contribution in [3.05, 3.63) is 57.8 Å². The van der Waals surface area contributed by atoms with Gasteiger partial charge in [0.2, 0.25) is 0 Å². The fraction of sp³-hybridized carbons (Fsp3) is 0. The monoisotopic (exact) mass is 283 g/mol. The van der Waals surface area contributed by atoms with Gasteiger partial charge in [-0.15, -0.1) is 0 Å². The van der Waals surface area contributed by atoms with Crippen LogP contribution in [0.25, 0.3) is 11.1 Å². The number of hydrogen-bond donors (Lipinski definition) is 0. The van der Waals surface area contributed by atoms with Gasteiger partial charge in [0.15, 0.2) is 0 Å². The van der Waals surface area contributed by atoms with E-state index in [1.165, 1.54) is 6.07 Å². The molecule has 0 saturated carbocycles. The third kappa shape index (κ3) is 2.63. The highest BCUT2D eigenvalue weighted by Crippen LogP contribution is 2.28. The summed E-state index contributed by atoms with van der Waals surface area (Å²) in [4.78, 5) is 10.6. The summed E-state index contributed by atoms with van der Waals surface area (Å²) in [6, 6.07) is 8.50. The quantitative estimate of drug-likeness (QED) is 0.849. The lowest BCUT2D eigenvalue weighted by molar-refractivity contribution is -0.255. The molecule has 5 heteroatoms. The van der Waals surface area contributed by atoms with E-state index in [0.29, 0.717) is 21.2 Å². The Hall–Kier alpha value is -1.58. The summed E-state index contributed by atoms with van der Waals surface area (Å²) in [6.45, 7) is 0. The van der Waals surface area contributed by atoms with Crippen LogP contribution < -0.4 is 5.11 Å². The molecule has 0 aliphatic carbocycles. The molecular formula is C13H6Cl2FO2-. The van der Waals surface area contributed by atoms with Crippen LogP contribution in [-0.2, 0) is 0 Å². The number of carboxylic acids is 1. The molecule has 2 nitrogen and oxygen atoms in total. The van der Waals surface area contributed by atoms with E-state index in [9.17, 15) is 14.3 Å². The number of carbonyl (C=O) groups excluding carboxylic acids is 1. The smallest absolute Gasteiger partial charge is 0.132 e. The molecule has 0 bridgehead atoms. The highest BCUT2D eigenvalue weighted by atomic mass is 35.5. The van der Waals surface area contributed by atoms with E-state index in [0.717, 1.165) is 12.1 Å². The third-order valence-corrected chi connectivity index (χ3v) is 2.82. The molecule has 0 aromatic heterocycles. The van der Waals surface area contributed by atoms with Crippen LogP contribution in [0.4, 0.5) is 4.39 Å². The summed E-state index contributed by atoms with van der Waals surface area (Å²) in [7, 11) is 0. The molecule has 0 amide bonds. The Kier molecular flexibility index (Phi) is 3.55. The number of carboxylic acid groups (broad SMARTS) is 1. The molecule has 2 aromatic rings. The van der Waals surface area contributed by atoms with Crippen molar-refractivity contribution < 1.29 is 14.3 Å². The standard InChI is InChI=1S/C13H7Cl2FO2/c14-9-3-8(4-10(15)6-9)7-1-2-11(13(17)18)12(16)5-7/h1-6H,(H,17,18)/p-1. The van der Waals surface area contributed by atoms with Crippen LogP contribution in [-0.4, -0.2) is 5.97 Å². The largest absolute Gasteiger partial charge is 0.545 e. The van der Waals surface area contributed by atoms with Gasteiger partial charge in [-0.25, -0.2) is 4.39 Å². The van der Waals surface area contributed by atoms with Crippen LogP contribution in [0.3, 0.4) is 0 Å². The molecule has 0 fully saturated rings. The Morgan fingerprint density at radius 3 is 2.11 bits per heavy atom. The van der Waals surface area contributed by atoms with Crippen molar-refractivity contribution in [1.29, 1.82) is 0 Å². The van der Waals surface area contributed by atoms with Crippen LogP contribution in [0.5, 0.6) is 0 Å². The summed E-state index contributed by atoms with van der Waals surface area (Å²) < 4.78 is 13.5. The average Bonchev–Trinajstić information content (AvgIpc) is 2.26. The lowest BCUT2D eigenvalue weighted by Gasteiger charge is -2.08. The van der Waals surface area contributed by atoms with E-state index in [-0.39, 0.29) is 0 Å². The predicted octanol–water partition coefficient (Wildman–Crippen LogP) is 3.16. The van der Waals surface area contributed by atoms with Crippen LogP contribution >= 0.6 is 23.2 Å². The molecule has 0 N–H and O–H groups in total. The minimum Gasteiger partial charge on any atom is -0.545 e. The van der Waals surface area contributed by atoms with E-state index in [2.05, 4.69) is 0 Å². The van der Waals surface area contributed by atoms with Crippen molar-refractivity contribution >= 4 is 29.2 Å². The fourth-order valence-electron chi connectivity index (χ4n) is 1.58. The first-order chi connectivity index (χ1) is 8.47. The first-order valence-electron chi connectivity index (χ1n) is 4.95. The van der Waals surface area contributed by atoms with E-state index in [4.69, 9.17) is 23.2 Å². The fourth-order valence-corrected chi connectivity index (χ4v) is 2.11. The van der Waals surface area contributed by atoms with Gasteiger partial charge < -0.3 is 9.90 Å². The summed E-state index contributed by atoms with van der Waals surface area (Å²) in [5, 5.41) is 11.4. The van der Waals surface area contributed by atoms with Crippen LogP contribution in [0.2, 0.25) is 10.0 Å². The van der Waals surface area contributed by atoms with Gasteiger partial charge in [0, 0.05) is 15.6 Å². The van der Waals surface area contributed by atoms with Gasteiger partial charge >= 0.3 is 0 Å². The van der Waals surface area contributed by atoms with Gasteiger partial charge in [0.25, 0.3) is 0 Å². The highest BCUT2D eigenvalue weighted by Gasteiger charge is 2.07. The maximum absolute atomic E-state index is 13.5. The van der Waals surface area contributed by atoms with Crippen LogP contribution in [0, 0.1) is 5.82 Å².